The Morgan fingerprint density at radius 1 is 0.933 bits per heavy atom. The normalized spacial score (nSPS) is 13.9. The number of carbonyl (C=O) groups excluding carboxylic acids is 1. The molecule has 154 valence electrons. The minimum atomic E-state index is 0.0820. The maximum Gasteiger partial charge on any atom is 0.253 e. The first-order chi connectivity index (χ1) is 14.6. The van der Waals surface area contributed by atoms with Crippen LogP contribution in [0.5, 0.6) is 0 Å². The third-order valence-corrected chi connectivity index (χ3v) is 5.77. The topological polar surface area (TPSA) is 74.2 Å². The molecule has 0 bridgehead atoms. The first-order valence-electron chi connectivity index (χ1n) is 9.85. The summed E-state index contributed by atoms with van der Waals surface area (Å²) >= 11 is 1.67. The SMILES string of the molecule is CSc1ccc(C(=O)N2CCN(c3ccc(Nc4cccc(C)n4)nn3)CC2)cc1. The highest BCUT2D eigenvalue weighted by Gasteiger charge is 2.23. The summed E-state index contributed by atoms with van der Waals surface area (Å²) in [7, 11) is 0. The Morgan fingerprint density at radius 3 is 2.33 bits per heavy atom. The van der Waals surface area contributed by atoms with Crippen molar-refractivity contribution in [1.82, 2.24) is 20.1 Å². The molecule has 1 aromatic carbocycles. The van der Waals surface area contributed by atoms with Gasteiger partial charge in [0.25, 0.3) is 5.91 Å². The van der Waals surface area contributed by atoms with E-state index in [-0.39, 0.29) is 5.91 Å². The van der Waals surface area contributed by atoms with Crippen LogP contribution >= 0.6 is 11.8 Å². The maximum absolute atomic E-state index is 12.7. The minimum absolute atomic E-state index is 0.0820. The molecule has 0 atom stereocenters. The van der Waals surface area contributed by atoms with Crippen LogP contribution in [0.3, 0.4) is 0 Å². The van der Waals surface area contributed by atoms with E-state index in [0.717, 1.165) is 40.9 Å². The van der Waals surface area contributed by atoms with Gasteiger partial charge in [-0.2, -0.15) is 0 Å². The lowest BCUT2D eigenvalue weighted by Gasteiger charge is -2.35. The first kappa shape index (κ1) is 20.2. The number of anilines is 3. The molecule has 0 unspecified atom stereocenters. The molecule has 1 saturated heterocycles. The molecule has 4 rings (SSSR count). The molecular weight excluding hydrogens is 396 g/mol. The van der Waals surface area contributed by atoms with Crippen molar-refractivity contribution in [3.05, 3.63) is 65.9 Å². The standard InChI is InChI=1S/C22H24N6OS/c1-16-4-3-5-19(23-16)24-20-10-11-21(26-25-20)27-12-14-28(15-13-27)22(29)17-6-8-18(30-2)9-7-17/h3-11H,12-15H2,1-2H3,(H,23,24,25). The van der Waals surface area contributed by atoms with Gasteiger partial charge in [-0.3, -0.25) is 4.79 Å². The van der Waals surface area contributed by atoms with Crippen LogP contribution in [0.4, 0.5) is 17.5 Å². The number of nitrogens with one attached hydrogen (secondary N) is 1. The smallest absolute Gasteiger partial charge is 0.253 e. The average Bonchev–Trinajstić information content (AvgIpc) is 2.79. The number of thioether (sulfide) groups is 1. The van der Waals surface area contributed by atoms with Gasteiger partial charge >= 0.3 is 0 Å². The van der Waals surface area contributed by atoms with Crippen molar-refractivity contribution in [2.45, 2.75) is 11.8 Å². The summed E-state index contributed by atoms with van der Waals surface area (Å²) in [6.07, 6.45) is 2.03. The predicted molar refractivity (Wildman–Crippen MR) is 121 cm³/mol. The van der Waals surface area contributed by atoms with Crippen LogP contribution < -0.4 is 10.2 Å². The highest BCUT2D eigenvalue weighted by Crippen LogP contribution is 2.19. The van der Waals surface area contributed by atoms with Crippen molar-refractivity contribution < 1.29 is 4.79 Å². The van der Waals surface area contributed by atoms with E-state index in [1.54, 1.807) is 11.8 Å². The summed E-state index contributed by atoms with van der Waals surface area (Å²) in [4.78, 5) is 22.4. The molecule has 3 heterocycles. The lowest BCUT2D eigenvalue weighted by Crippen LogP contribution is -2.49. The predicted octanol–water partition coefficient (Wildman–Crippen LogP) is 3.61. The summed E-state index contributed by atoms with van der Waals surface area (Å²) in [5.41, 5.74) is 1.68. The molecule has 0 radical (unpaired) electrons. The third-order valence-electron chi connectivity index (χ3n) is 5.02. The molecule has 1 N–H and O–H groups in total. The van der Waals surface area contributed by atoms with Gasteiger partial charge in [0.05, 0.1) is 0 Å². The second-order valence-corrected chi connectivity index (χ2v) is 7.95. The number of pyridine rings is 1. The van der Waals surface area contributed by atoms with Crippen molar-refractivity contribution in [3.8, 4) is 0 Å². The monoisotopic (exact) mass is 420 g/mol. The van der Waals surface area contributed by atoms with Gasteiger partial charge in [0.2, 0.25) is 0 Å². The molecular formula is C22H24N6OS. The van der Waals surface area contributed by atoms with Gasteiger partial charge in [-0.15, -0.1) is 22.0 Å². The molecule has 1 aliphatic heterocycles. The van der Waals surface area contributed by atoms with E-state index in [9.17, 15) is 4.79 Å². The number of hydrogen-bond donors (Lipinski definition) is 1. The highest BCUT2D eigenvalue weighted by atomic mass is 32.2. The second-order valence-electron chi connectivity index (χ2n) is 7.07. The summed E-state index contributed by atoms with van der Waals surface area (Å²) in [5, 5.41) is 11.8. The number of benzene rings is 1. The van der Waals surface area contributed by atoms with Crippen LogP contribution in [0.25, 0.3) is 0 Å². The lowest BCUT2D eigenvalue weighted by atomic mass is 10.2. The van der Waals surface area contributed by atoms with Gasteiger partial charge in [-0.05, 0) is 61.7 Å². The van der Waals surface area contributed by atoms with Crippen LogP contribution in [0.1, 0.15) is 16.1 Å². The number of aryl methyl sites for hydroxylation is 1. The molecule has 2 aromatic heterocycles. The largest absolute Gasteiger partial charge is 0.352 e. The van der Waals surface area contributed by atoms with Crippen molar-refractivity contribution in [2.75, 3.05) is 42.7 Å². The molecule has 8 heteroatoms. The summed E-state index contributed by atoms with van der Waals surface area (Å²) in [5.74, 6) is 2.29. The van der Waals surface area contributed by atoms with E-state index in [1.165, 1.54) is 0 Å². The molecule has 0 saturated carbocycles. The van der Waals surface area contributed by atoms with Crippen LogP contribution in [-0.4, -0.2) is 58.4 Å². The fourth-order valence-corrected chi connectivity index (χ4v) is 3.77. The quantitative estimate of drug-likeness (QED) is 0.632. The number of nitrogens with zero attached hydrogens (tertiary/aromatic N) is 5. The molecule has 1 amide bonds. The van der Waals surface area contributed by atoms with E-state index in [1.807, 2.05) is 72.7 Å². The number of carbonyl (C=O) groups is 1. The average molecular weight is 421 g/mol. The zero-order valence-corrected chi connectivity index (χ0v) is 17.9. The molecule has 1 aliphatic rings. The lowest BCUT2D eigenvalue weighted by molar-refractivity contribution is 0.0746. The number of rotatable bonds is 5. The summed E-state index contributed by atoms with van der Waals surface area (Å²) in [6.45, 7) is 4.74. The van der Waals surface area contributed by atoms with Gasteiger partial charge in [0, 0.05) is 42.3 Å². The second kappa shape index (κ2) is 9.13. The Balaban J connectivity index is 1.33. The molecule has 30 heavy (non-hydrogen) atoms. The Kier molecular flexibility index (Phi) is 6.13. The van der Waals surface area contributed by atoms with Gasteiger partial charge in [-0.1, -0.05) is 6.07 Å². The van der Waals surface area contributed by atoms with Crippen LogP contribution in [0, 0.1) is 6.92 Å². The van der Waals surface area contributed by atoms with Crippen LogP contribution in [0.15, 0.2) is 59.5 Å². The van der Waals surface area contributed by atoms with Gasteiger partial charge in [0.15, 0.2) is 11.6 Å². The van der Waals surface area contributed by atoms with Gasteiger partial charge < -0.3 is 15.1 Å². The van der Waals surface area contributed by atoms with Crippen molar-refractivity contribution >= 4 is 35.1 Å². The zero-order valence-electron chi connectivity index (χ0n) is 17.1. The van der Waals surface area contributed by atoms with E-state index in [2.05, 4.69) is 25.4 Å². The van der Waals surface area contributed by atoms with E-state index in [4.69, 9.17) is 0 Å². The van der Waals surface area contributed by atoms with Crippen molar-refractivity contribution in [3.63, 3.8) is 0 Å². The Bertz CT molecular complexity index is 1000. The molecule has 0 aliphatic carbocycles. The number of aromatic nitrogens is 3. The summed E-state index contributed by atoms with van der Waals surface area (Å²) < 4.78 is 0. The fourth-order valence-electron chi connectivity index (χ4n) is 3.36. The minimum Gasteiger partial charge on any atom is -0.352 e. The maximum atomic E-state index is 12.7. The number of piperazine rings is 1. The molecule has 0 spiro atoms. The zero-order chi connectivity index (χ0) is 20.9. The Labute approximate surface area is 180 Å². The van der Waals surface area contributed by atoms with E-state index >= 15 is 0 Å². The molecule has 7 nitrogen and oxygen atoms in total. The fraction of sp³-hybridized carbons (Fsp3) is 0.273. The van der Waals surface area contributed by atoms with E-state index < -0.39 is 0 Å². The van der Waals surface area contributed by atoms with Gasteiger partial charge in [0.1, 0.15) is 5.82 Å². The van der Waals surface area contributed by atoms with Crippen molar-refractivity contribution in [1.29, 1.82) is 0 Å². The number of hydrogen-bond acceptors (Lipinski definition) is 7. The number of amides is 1. The van der Waals surface area contributed by atoms with Crippen LogP contribution in [-0.2, 0) is 0 Å². The third kappa shape index (κ3) is 4.71. The molecule has 1 fully saturated rings. The molecule has 3 aromatic rings. The summed E-state index contributed by atoms with van der Waals surface area (Å²) in [6, 6.07) is 17.4. The van der Waals surface area contributed by atoms with Crippen LogP contribution in [0.2, 0.25) is 0 Å². The Hall–Kier alpha value is -3.13. The van der Waals surface area contributed by atoms with E-state index in [0.29, 0.717) is 18.9 Å². The first-order valence-corrected chi connectivity index (χ1v) is 11.1. The highest BCUT2D eigenvalue weighted by molar-refractivity contribution is 7.98. The van der Waals surface area contributed by atoms with Gasteiger partial charge in [-0.25, -0.2) is 4.98 Å². The van der Waals surface area contributed by atoms with Crippen molar-refractivity contribution in [2.24, 2.45) is 0 Å². The Morgan fingerprint density at radius 2 is 1.70 bits per heavy atom.